The van der Waals surface area contributed by atoms with Crippen LogP contribution in [0.2, 0.25) is 0 Å². The number of likely N-dealkylation sites (tertiary alicyclic amines) is 1. The molecule has 102 valence electrons. The third-order valence-corrected chi connectivity index (χ3v) is 3.59. The van der Waals surface area contributed by atoms with E-state index in [1.165, 1.54) is 5.56 Å². The molecule has 1 saturated heterocycles. The SMILES string of the molecule is C=CCNCC[C@H]1CCC(=O)N1Cc1ccccc1. The van der Waals surface area contributed by atoms with Gasteiger partial charge in [-0.15, -0.1) is 6.58 Å². The average Bonchev–Trinajstić information content (AvgIpc) is 2.78. The van der Waals surface area contributed by atoms with Gasteiger partial charge in [-0.3, -0.25) is 4.79 Å². The maximum Gasteiger partial charge on any atom is 0.223 e. The van der Waals surface area contributed by atoms with Crippen LogP contribution < -0.4 is 5.32 Å². The molecule has 19 heavy (non-hydrogen) atoms. The Kier molecular flexibility index (Phi) is 5.16. The second kappa shape index (κ2) is 7.10. The van der Waals surface area contributed by atoms with Gasteiger partial charge in [0.2, 0.25) is 5.91 Å². The third-order valence-electron chi connectivity index (χ3n) is 3.59. The molecule has 2 rings (SSSR count). The molecule has 1 aliphatic heterocycles. The van der Waals surface area contributed by atoms with Gasteiger partial charge in [-0.25, -0.2) is 0 Å². The first-order valence-electron chi connectivity index (χ1n) is 6.96. The van der Waals surface area contributed by atoms with Crippen LogP contribution in [0.15, 0.2) is 43.0 Å². The van der Waals surface area contributed by atoms with E-state index in [1.54, 1.807) is 0 Å². The van der Waals surface area contributed by atoms with Crippen molar-refractivity contribution in [3.63, 3.8) is 0 Å². The fourth-order valence-electron chi connectivity index (χ4n) is 2.56. The molecule has 0 bridgehead atoms. The predicted octanol–water partition coefficient (Wildman–Crippen LogP) is 2.34. The fourth-order valence-corrected chi connectivity index (χ4v) is 2.56. The van der Waals surface area contributed by atoms with Crippen molar-refractivity contribution in [2.45, 2.75) is 31.8 Å². The van der Waals surface area contributed by atoms with Gasteiger partial charge in [0.15, 0.2) is 0 Å². The summed E-state index contributed by atoms with van der Waals surface area (Å²) in [7, 11) is 0. The zero-order chi connectivity index (χ0) is 13.5. The van der Waals surface area contributed by atoms with Gasteiger partial charge >= 0.3 is 0 Å². The zero-order valence-electron chi connectivity index (χ0n) is 11.3. The molecule has 0 radical (unpaired) electrons. The van der Waals surface area contributed by atoms with Crippen LogP contribution >= 0.6 is 0 Å². The molecule has 1 aromatic carbocycles. The van der Waals surface area contributed by atoms with Crippen molar-refractivity contribution in [1.82, 2.24) is 10.2 Å². The molecule has 1 amide bonds. The second-order valence-electron chi connectivity index (χ2n) is 4.98. The Balaban J connectivity index is 1.88. The summed E-state index contributed by atoms with van der Waals surface area (Å²) in [5, 5.41) is 3.31. The highest BCUT2D eigenvalue weighted by molar-refractivity contribution is 5.78. The molecule has 0 aliphatic carbocycles. The fraction of sp³-hybridized carbons (Fsp3) is 0.438. The Morgan fingerprint density at radius 1 is 1.37 bits per heavy atom. The summed E-state index contributed by atoms with van der Waals surface area (Å²) >= 11 is 0. The van der Waals surface area contributed by atoms with Crippen molar-refractivity contribution in [2.75, 3.05) is 13.1 Å². The lowest BCUT2D eigenvalue weighted by Crippen LogP contribution is -2.34. The summed E-state index contributed by atoms with van der Waals surface area (Å²) in [4.78, 5) is 14.0. The normalized spacial score (nSPS) is 18.8. The van der Waals surface area contributed by atoms with Crippen molar-refractivity contribution >= 4 is 5.91 Å². The highest BCUT2D eigenvalue weighted by atomic mass is 16.2. The van der Waals surface area contributed by atoms with Crippen LogP contribution in [0.25, 0.3) is 0 Å². The van der Waals surface area contributed by atoms with E-state index < -0.39 is 0 Å². The highest BCUT2D eigenvalue weighted by Crippen LogP contribution is 2.23. The largest absolute Gasteiger partial charge is 0.335 e. The molecule has 1 aromatic rings. The number of carbonyl (C=O) groups excluding carboxylic acids is 1. The number of hydrogen-bond donors (Lipinski definition) is 1. The van der Waals surface area contributed by atoms with Crippen molar-refractivity contribution < 1.29 is 4.79 Å². The second-order valence-corrected chi connectivity index (χ2v) is 4.98. The molecule has 3 heteroatoms. The molecule has 1 fully saturated rings. The van der Waals surface area contributed by atoms with Gasteiger partial charge in [0.1, 0.15) is 0 Å². The van der Waals surface area contributed by atoms with E-state index in [9.17, 15) is 4.79 Å². The number of hydrogen-bond acceptors (Lipinski definition) is 2. The van der Waals surface area contributed by atoms with E-state index in [2.05, 4.69) is 24.0 Å². The first-order chi connectivity index (χ1) is 9.31. The number of nitrogens with zero attached hydrogens (tertiary/aromatic N) is 1. The summed E-state index contributed by atoms with van der Waals surface area (Å²) in [5.41, 5.74) is 1.21. The van der Waals surface area contributed by atoms with Gasteiger partial charge in [-0.2, -0.15) is 0 Å². The number of rotatable bonds is 7. The van der Waals surface area contributed by atoms with E-state index in [0.717, 1.165) is 32.5 Å². The Morgan fingerprint density at radius 3 is 2.89 bits per heavy atom. The first kappa shape index (κ1) is 13.8. The smallest absolute Gasteiger partial charge is 0.223 e. The quantitative estimate of drug-likeness (QED) is 0.601. The van der Waals surface area contributed by atoms with Crippen LogP contribution in [-0.2, 0) is 11.3 Å². The highest BCUT2D eigenvalue weighted by Gasteiger charge is 2.30. The van der Waals surface area contributed by atoms with Crippen molar-refractivity contribution in [2.24, 2.45) is 0 Å². The molecule has 0 saturated carbocycles. The number of nitrogens with one attached hydrogen (secondary N) is 1. The van der Waals surface area contributed by atoms with Gasteiger partial charge in [0.25, 0.3) is 0 Å². The van der Waals surface area contributed by atoms with Gasteiger partial charge in [0.05, 0.1) is 0 Å². The molecular formula is C16H22N2O. The van der Waals surface area contributed by atoms with Crippen LogP contribution in [0.4, 0.5) is 0 Å². The number of carbonyl (C=O) groups is 1. The van der Waals surface area contributed by atoms with Crippen LogP contribution in [0.3, 0.4) is 0 Å². The number of benzene rings is 1. The minimum atomic E-state index is 0.289. The summed E-state index contributed by atoms with van der Waals surface area (Å²) in [5.74, 6) is 0.289. The van der Waals surface area contributed by atoms with Crippen LogP contribution in [0.5, 0.6) is 0 Å². The minimum Gasteiger partial charge on any atom is -0.335 e. The Labute approximate surface area is 115 Å². The summed E-state index contributed by atoms with van der Waals surface area (Å²) < 4.78 is 0. The van der Waals surface area contributed by atoms with E-state index in [-0.39, 0.29) is 5.91 Å². The molecular weight excluding hydrogens is 236 g/mol. The summed E-state index contributed by atoms with van der Waals surface area (Å²) in [6, 6.07) is 10.6. The summed E-state index contributed by atoms with van der Waals surface area (Å²) in [6.07, 6.45) is 4.56. The monoisotopic (exact) mass is 258 g/mol. The first-order valence-corrected chi connectivity index (χ1v) is 6.96. The van der Waals surface area contributed by atoms with E-state index >= 15 is 0 Å². The van der Waals surface area contributed by atoms with Gasteiger partial charge < -0.3 is 10.2 Å². The van der Waals surface area contributed by atoms with Crippen molar-refractivity contribution in [3.8, 4) is 0 Å². The number of amides is 1. The van der Waals surface area contributed by atoms with Gasteiger partial charge in [-0.05, 0) is 24.9 Å². The van der Waals surface area contributed by atoms with Crippen LogP contribution in [-0.4, -0.2) is 29.9 Å². The van der Waals surface area contributed by atoms with Crippen LogP contribution in [0, 0.1) is 0 Å². The molecule has 0 aromatic heterocycles. The molecule has 1 atom stereocenters. The molecule has 0 unspecified atom stereocenters. The van der Waals surface area contributed by atoms with Crippen molar-refractivity contribution in [3.05, 3.63) is 48.6 Å². The lowest BCUT2D eigenvalue weighted by Gasteiger charge is -2.25. The third kappa shape index (κ3) is 3.93. The van der Waals surface area contributed by atoms with Crippen molar-refractivity contribution in [1.29, 1.82) is 0 Å². The topological polar surface area (TPSA) is 32.3 Å². The molecule has 1 heterocycles. The maximum absolute atomic E-state index is 12.0. The molecule has 3 nitrogen and oxygen atoms in total. The van der Waals surface area contributed by atoms with E-state index in [1.807, 2.05) is 29.2 Å². The lowest BCUT2D eigenvalue weighted by atomic mass is 10.1. The summed E-state index contributed by atoms with van der Waals surface area (Å²) in [6.45, 7) is 6.20. The standard InChI is InChI=1S/C16H22N2O/c1-2-11-17-12-10-15-8-9-16(19)18(15)13-14-6-4-3-5-7-14/h2-7,15,17H,1,8-13H2/t15-/m1/s1. The van der Waals surface area contributed by atoms with E-state index in [4.69, 9.17) is 0 Å². The zero-order valence-corrected chi connectivity index (χ0v) is 11.3. The lowest BCUT2D eigenvalue weighted by molar-refractivity contribution is -0.129. The van der Waals surface area contributed by atoms with E-state index in [0.29, 0.717) is 12.5 Å². The maximum atomic E-state index is 12.0. The molecule has 1 N–H and O–H groups in total. The minimum absolute atomic E-state index is 0.289. The Bertz CT molecular complexity index is 416. The molecule has 1 aliphatic rings. The molecule has 0 spiro atoms. The average molecular weight is 258 g/mol. The Hall–Kier alpha value is -1.61. The van der Waals surface area contributed by atoms with Gasteiger partial charge in [-0.1, -0.05) is 36.4 Å². The predicted molar refractivity (Wildman–Crippen MR) is 77.7 cm³/mol. The van der Waals surface area contributed by atoms with Gasteiger partial charge in [0, 0.05) is 25.6 Å². The Morgan fingerprint density at radius 2 is 2.16 bits per heavy atom. The van der Waals surface area contributed by atoms with Crippen LogP contribution in [0.1, 0.15) is 24.8 Å².